The third-order valence-corrected chi connectivity index (χ3v) is 4.17. The number of hydrogen-bond donors (Lipinski definition) is 2. The molecule has 5 nitrogen and oxygen atoms in total. The summed E-state index contributed by atoms with van der Waals surface area (Å²) >= 11 is 11.9. The van der Waals surface area contributed by atoms with E-state index in [4.69, 9.17) is 33.7 Å². The van der Waals surface area contributed by atoms with E-state index in [0.29, 0.717) is 18.4 Å². The van der Waals surface area contributed by atoms with Gasteiger partial charge in [-0.05, 0) is 18.6 Å². The van der Waals surface area contributed by atoms with Gasteiger partial charge in [0.25, 0.3) is 0 Å². The average Bonchev–Trinajstić information content (AvgIpc) is 2.53. The second kappa shape index (κ2) is 7.23. The number of pyridine rings is 1. The Kier molecular flexibility index (Phi) is 5.51. The van der Waals surface area contributed by atoms with Gasteiger partial charge in [-0.15, -0.1) is 0 Å². The Morgan fingerprint density at radius 3 is 2.62 bits per heavy atom. The number of hydrogen-bond acceptors (Lipinski definition) is 4. The molecule has 3 N–H and O–H groups in total. The van der Waals surface area contributed by atoms with E-state index in [0.717, 1.165) is 0 Å². The average molecular weight is 373 g/mol. The highest BCUT2D eigenvalue weighted by molar-refractivity contribution is 6.36. The molecule has 0 saturated heterocycles. The maximum absolute atomic E-state index is 14.7. The first-order valence-electron chi connectivity index (χ1n) is 7.06. The van der Waals surface area contributed by atoms with Crippen LogP contribution in [0.5, 0.6) is 5.75 Å². The molecule has 0 aliphatic heterocycles. The van der Waals surface area contributed by atoms with E-state index in [1.54, 1.807) is 0 Å². The van der Waals surface area contributed by atoms with Gasteiger partial charge >= 0.3 is 5.97 Å². The third-order valence-electron chi connectivity index (χ3n) is 3.49. The first-order chi connectivity index (χ1) is 11.3. The number of nitrogens with two attached hydrogens (primary N) is 1. The van der Waals surface area contributed by atoms with Crippen molar-refractivity contribution in [3.63, 3.8) is 0 Å². The molecule has 1 heterocycles. The predicted octanol–water partition coefficient (Wildman–Crippen LogP) is 4.44. The fourth-order valence-electron chi connectivity index (χ4n) is 2.39. The zero-order valence-corrected chi connectivity index (χ0v) is 14.5. The summed E-state index contributed by atoms with van der Waals surface area (Å²) in [6.45, 7) is 1.90. The number of benzene rings is 1. The molecular formula is C16H15Cl2FN2O3. The number of halogens is 3. The van der Waals surface area contributed by atoms with Crippen molar-refractivity contribution < 1.29 is 19.0 Å². The molecule has 0 unspecified atom stereocenters. The molecule has 0 bridgehead atoms. The van der Waals surface area contributed by atoms with Gasteiger partial charge < -0.3 is 15.6 Å². The summed E-state index contributed by atoms with van der Waals surface area (Å²) in [7, 11) is 1.29. The van der Waals surface area contributed by atoms with Gasteiger partial charge in [0, 0.05) is 11.1 Å². The molecular weight excluding hydrogens is 358 g/mol. The van der Waals surface area contributed by atoms with Gasteiger partial charge in [0.15, 0.2) is 17.3 Å². The van der Waals surface area contributed by atoms with E-state index >= 15 is 0 Å². The van der Waals surface area contributed by atoms with Gasteiger partial charge in [-0.25, -0.2) is 14.2 Å². The lowest BCUT2D eigenvalue weighted by Gasteiger charge is -2.16. The van der Waals surface area contributed by atoms with E-state index in [1.165, 1.54) is 19.2 Å². The van der Waals surface area contributed by atoms with Crippen molar-refractivity contribution in [3.8, 4) is 17.0 Å². The quantitative estimate of drug-likeness (QED) is 0.810. The molecule has 0 amide bonds. The maximum Gasteiger partial charge on any atom is 0.356 e. The number of rotatable bonds is 5. The van der Waals surface area contributed by atoms with Crippen LogP contribution in [-0.2, 0) is 6.42 Å². The molecule has 1 aromatic heterocycles. The number of carboxylic acid groups (broad SMARTS) is 1. The third kappa shape index (κ3) is 3.12. The van der Waals surface area contributed by atoms with E-state index < -0.39 is 17.5 Å². The number of methoxy groups -OCH3 is 1. The zero-order valence-electron chi connectivity index (χ0n) is 13.0. The van der Waals surface area contributed by atoms with E-state index in [-0.39, 0.29) is 32.7 Å². The standard InChI is InChI=1S/C16H15Cl2FN2O3/c1-3-4-8-12(20)10(18)14(16(22)23)21-13(8)7-5-6-9(17)15(24-2)11(7)19/h5-6H,3-4H2,1-2H3,(H2,20,21)(H,22,23). The van der Waals surface area contributed by atoms with Crippen molar-refractivity contribution in [3.05, 3.63) is 39.3 Å². The Bertz CT molecular complexity index is 813. The van der Waals surface area contributed by atoms with Crippen LogP contribution in [-0.4, -0.2) is 23.2 Å². The topological polar surface area (TPSA) is 85.4 Å². The van der Waals surface area contributed by atoms with E-state index in [1.807, 2.05) is 6.92 Å². The van der Waals surface area contributed by atoms with Crippen molar-refractivity contribution >= 4 is 34.9 Å². The first kappa shape index (κ1) is 18.3. The fourth-order valence-corrected chi connectivity index (χ4v) is 2.85. The van der Waals surface area contributed by atoms with Crippen LogP contribution in [0, 0.1) is 5.82 Å². The smallest absolute Gasteiger partial charge is 0.356 e. The lowest BCUT2D eigenvalue weighted by atomic mass is 9.99. The highest BCUT2D eigenvalue weighted by atomic mass is 35.5. The SMILES string of the molecule is CCCc1c(-c2ccc(Cl)c(OC)c2F)nc(C(=O)O)c(Cl)c1N. The monoisotopic (exact) mass is 372 g/mol. The Morgan fingerprint density at radius 1 is 1.42 bits per heavy atom. The number of ether oxygens (including phenoxy) is 1. The van der Waals surface area contributed by atoms with Crippen LogP contribution < -0.4 is 10.5 Å². The fraction of sp³-hybridized carbons (Fsp3) is 0.250. The van der Waals surface area contributed by atoms with Crippen molar-refractivity contribution in [1.82, 2.24) is 4.98 Å². The molecule has 0 spiro atoms. The van der Waals surface area contributed by atoms with Crippen LogP contribution in [0.3, 0.4) is 0 Å². The van der Waals surface area contributed by atoms with Crippen molar-refractivity contribution in [1.29, 1.82) is 0 Å². The van der Waals surface area contributed by atoms with Crippen LogP contribution in [0.25, 0.3) is 11.3 Å². The van der Waals surface area contributed by atoms with Crippen LogP contribution in [0.4, 0.5) is 10.1 Å². The van der Waals surface area contributed by atoms with Crippen molar-refractivity contribution in [2.45, 2.75) is 19.8 Å². The second-order valence-electron chi connectivity index (χ2n) is 5.01. The maximum atomic E-state index is 14.7. The number of carbonyl (C=O) groups is 1. The lowest BCUT2D eigenvalue weighted by molar-refractivity contribution is 0.0691. The number of carboxylic acids is 1. The van der Waals surface area contributed by atoms with Crippen LogP contribution in [0.15, 0.2) is 12.1 Å². The number of anilines is 1. The largest absolute Gasteiger partial charge is 0.492 e. The van der Waals surface area contributed by atoms with Crippen LogP contribution in [0.2, 0.25) is 10.0 Å². The number of nitrogen functional groups attached to an aromatic ring is 1. The zero-order chi connectivity index (χ0) is 18.0. The van der Waals surface area contributed by atoms with E-state index in [9.17, 15) is 14.3 Å². The van der Waals surface area contributed by atoms with Gasteiger partial charge in [-0.1, -0.05) is 36.5 Å². The highest BCUT2D eigenvalue weighted by Crippen LogP contribution is 2.39. The summed E-state index contributed by atoms with van der Waals surface area (Å²) in [6.07, 6.45) is 1.14. The number of nitrogens with zero attached hydrogens (tertiary/aromatic N) is 1. The minimum Gasteiger partial charge on any atom is -0.492 e. The molecule has 1 aromatic carbocycles. The molecule has 0 aliphatic carbocycles. The number of aromatic nitrogens is 1. The molecule has 0 atom stereocenters. The van der Waals surface area contributed by atoms with Gasteiger partial charge in [0.1, 0.15) is 0 Å². The predicted molar refractivity (Wildman–Crippen MR) is 91.6 cm³/mol. The molecule has 128 valence electrons. The van der Waals surface area contributed by atoms with Crippen LogP contribution >= 0.6 is 23.2 Å². The molecule has 8 heteroatoms. The lowest BCUT2D eigenvalue weighted by Crippen LogP contribution is -2.10. The summed E-state index contributed by atoms with van der Waals surface area (Å²) in [5.41, 5.74) is 6.27. The first-order valence-corrected chi connectivity index (χ1v) is 7.82. The summed E-state index contributed by atoms with van der Waals surface area (Å²) < 4.78 is 19.7. The van der Waals surface area contributed by atoms with Gasteiger partial charge in [-0.3, -0.25) is 0 Å². The minimum absolute atomic E-state index is 0.0468. The molecule has 0 fully saturated rings. The molecule has 2 rings (SSSR count). The summed E-state index contributed by atoms with van der Waals surface area (Å²) in [5.74, 6) is -2.24. The molecule has 0 saturated carbocycles. The summed E-state index contributed by atoms with van der Waals surface area (Å²) in [6, 6.07) is 2.85. The van der Waals surface area contributed by atoms with Gasteiger partial charge in [0.2, 0.25) is 0 Å². The highest BCUT2D eigenvalue weighted by Gasteiger charge is 2.24. The Labute approximate surface area is 148 Å². The minimum atomic E-state index is -1.35. The van der Waals surface area contributed by atoms with Crippen LogP contribution in [0.1, 0.15) is 29.4 Å². The van der Waals surface area contributed by atoms with Crippen molar-refractivity contribution in [2.75, 3.05) is 12.8 Å². The second-order valence-corrected chi connectivity index (χ2v) is 5.80. The molecule has 0 aliphatic rings. The summed E-state index contributed by atoms with van der Waals surface area (Å²) in [4.78, 5) is 15.4. The van der Waals surface area contributed by atoms with Crippen molar-refractivity contribution in [2.24, 2.45) is 0 Å². The van der Waals surface area contributed by atoms with E-state index in [2.05, 4.69) is 4.98 Å². The molecule has 24 heavy (non-hydrogen) atoms. The van der Waals surface area contributed by atoms with Gasteiger partial charge in [0.05, 0.1) is 28.5 Å². The van der Waals surface area contributed by atoms with Gasteiger partial charge in [-0.2, -0.15) is 0 Å². The number of aromatic carboxylic acids is 1. The Balaban J connectivity index is 2.85. The molecule has 0 radical (unpaired) electrons. The Morgan fingerprint density at radius 2 is 2.08 bits per heavy atom. The molecule has 2 aromatic rings. The normalized spacial score (nSPS) is 10.7. The Hall–Kier alpha value is -2.05. The summed E-state index contributed by atoms with van der Waals surface area (Å²) in [5, 5.41) is 9.19.